The first kappa shape index (κ1) is 32.6. The molecule has 248 valence electrons. The molecule has 44 heavy (non-hydrogen) atoms. The first-order valence-electron chi connectivity index (χ1n) is 16.9. The monoisotopic (exact) mass is 618 g/mol. The number of rotatable bonds is 8. The van der Waals surface area contributed by atoms with E-state index in [1.54, 1.807) is 13.8 Å². The standard InChI is InChI=1S/C35H54O9/c1-18(2)21(36)8-7-19(3)20-11-12-32(5)23-9-10-24-33(6,30(41)42)26(44-29-28(40)27(39)22(37)16-43-29)15-25(38)35(24)17-34(23,35)14-13-31(20,32)4/h19-20,22-29,37-40H,1,7-17H2,2-6H3,(H,41,42). The summed E-state index contributed by atoms with van der Waals surface area (Å²) in [5.74, 6) is 0.210. The Balaban J connectivity index is 1.26. The summed E-state index contributed by atoms with van der Waals surface area (Å²) in [6, 6.07) is 0. The van der Waals surface area contributed by atoms with Crippen LogP contribution in [-0.4, -0.2) is 80.7 Å². The van der Waals surface area contributed by atoms with Gasteiger partial charge in [0.1, 0.15) is 18.3 Å². The van der Waals surface area contributed by atoms with Crippen LogP contribution in [0.4, 0.5) is 0 Å². The summed E-state index contributed by atoms with van der Waals surface area (Å²) in [6.45, 7) is 14.4. The van der Waals surface area contributed by atoms with Crippen molar-refractivity contribution in [1.29, 1.82) is 0 Å². The first-order chi connectivity index (χ1) is 20.5. The highest BCUT2D eigenvalue weighted by Gasteiger charge is 2.86. The number of aliphatic hydroxyl groups is 4. The number of carboxylic acids is 1. The second kappa shape index (κ2) is 10.6. The van der Waals surface area contributed by atoms with Gasteiger partial charge in [-0.25, -0.2) is 0 Å². The zero-order valence-electron chi connectivity index (χ0n) is 27.1. The van der Waals surface area contributed by atoms with Crippen molar-refractivity contribution in [2.75, 3.05) is 6.61 Å². The second-order valence-electron chi connectivity index (χ2n) is 16.5. The lowest BCUT2D eigenvalue weighted by Gasteiger charge is -2.64. The van der Waals surface area contributed by atoms with Crippen molar-refractivity contribution in [3.63, 3.8) is 0 Å². The van der Waals surface area contributed by atoms with Gasteiger partial charge >= 0.3 is 5.97 Å². The van der Waals surface area contributed by atoms with E-state index in [0.717, 1.165) is 44.9 Å². The maximum Gasteiger partial charge on any atom is 0.312 e. The van der Waals surface area contributed by atoms with E-state index >= 15 is 0 Å². The van der Waals surface area contributed by atoms with Gasteiger partial charge in [-0.15, -0.1) is 0 Å². The molecule has 1 aliphatic heterocycles. The predicted octanol–water partition coefficient (Wildman–Crippen LogP) is 3.85. The third-order valence-corrected chi connectivity index (χ3v) is 15.0. The van der Waals surface area contributed by atoms with E-state index in [2.05, 4.69) is 27.4 Å². The SMILES string of the molecule is C=C(C)C(=O)CCC(C)C1CCC2(C)C3CCC4C(C)(C(=O)O)C(OC5OCC(O)C(O)C5O)CC(O)C45CC35CCC12C. The minimum atomic E-state index is -1.53. The van der Waals surface area contributed by atoms with Crippen molar-refractivity contribution in [3.05, 3.63) is 12.2 Å². The van der Waals surface area contributed by atoms with Crippen molar-refractivity contribution in [2.24, 2.45) is 50.7 Å². The molecule has 0 aromatic rings. The Bertz CT molecular complexity index is 1200. The van der Waals surface area contributed by atoms with Crippen LogP contribution in [0, 0.1) is 50.7 Å². The number of hydrogen-bond donors (Lipinski definition) is 5. The molecule has 9 nitrogen and oxygen atoms in total. The summed E-state index contributed by atoms with van der Waals surface area (Å²) in [4.78, 5) is 25.5. The fourth-order valence-electron chi connectivity index (χ4n) is 12.3. The molecular formula is C35H54O9. The molecule has 6 rings (SSSR count). The van der Waals surface area contributed by atoms with Crippen LogP contribution >= 0.6 is 0 Å². The fourth-order valence-corrected chi connectivity index (χ4v) is 12.3. The molecule has 15 atom stereocenters. The van der Waals surface area contributed by atoms with Gasteiger partial charge in [0.15, 0.2) is 12.1 Å². The summed E-state index contributed by atoms with van der Waals surface area (Å²) >= 11 is 0. The largest absolute Gasteiger partial charge is 0.481 e. The number of aliphatic carboxylic acids is 1. The average Bonchev–Trinajstić information content (AvgIpc) is 3.58. The van der Waals surface area contributed by atoms with Crippen molar-refractivity contribution < 1.29 is 44.6 Å². The van der Waals surface area contributed by atoms with Gasteiger partial charge in [0, 0.05) is 18.3 Å². The molecule has 5 N–H and O–H groups in total. The molecule has 9 heteroatoms. The second-order valence-corrected chi connectivity index (χ2v) is 16.5. The molecule has 0 radical (unpaired) electrons. The lowest BCUT2D eigenvalue weighted by atomic mass is 9.41. The van der Waals surface area contributed by atoms with E-state index in [0.29, 0.717) is 36.2 Å². The maximum absolute atomic E-state index is 13.2. The number of hydrogen-bond acceptors (Lipinski definition) is 8. The third kappa shape index (κ3) is 4.11. The molecule has 5 saturated carbocycles. The molecule has 1 saturated heterocycles. The van der Waals surface area contributed by atoms with Crippen LogP contribution in [0.15, 0.2) is 12.2 Å². The fraction of sp³-hybridized carbons (Fsp3) is 0.886. The van der Waals surface area contributed by atoms with Crippen LogP contribution < -0.4 is 0 Å². The number of carbonyl (C=O) groups excluding carboxylic acids is 1. The van der Waals surface area contributed by atoms with Gasteiger partial charge in [-0.3, -0.25) is 9.59 Å². The lowest BCUT2D eigenvalue weighted by molar-refractivity contribution is -0.309. The van der Waals surface area contributed by atoms with Gasteiger partial charge in [-0.2, -0.15) is 0 Å². The van der Waals surface area contributed by atoms with Gasteiger partial charge < -0.3 is 35.0 Å². The zero-order chi connectivity index (χ0) is 32.2. The Labute approximate surface area is 261 Å². The third-order valence-electron chi connectivity index (χ3n) is 15.0. The quantitative estimate of drug-likeness (QED) is 0.202. The van der Waals surface area contributed by atoms with Crippen LogP contribution in [0.25, 0.3) is 0 Å². The number of ketones is 1. The van der Waals surface area contributed by atoms with Crippen LogP contribution in [0.3, 0.4) is 0 Å². The molecule has 2 spiro atoms. The highest BCUT2D eigenvalue weighted by Crippen LogP contribution is 2.89. The van der Waals surface area contributed by atoms with Crippen LogP contribution in [-0.2, 0) is 19.1 Å². The van der Waals surface area contributed by atoms with Gasteiger partial charge in [0.25, 0.3) is 0 Å². The van der Waals surface area contributed by atoms with Gasteiger partial charge in [-0.1, -0.05) is 27.4 Å². The zero-order valence-corrected chi connectivity index (χ0v) is 27.1. The molecule has 1 heterocycles. The van der Waals surface area contributed by atoms with Crippen molar-refractivity contribution >= 4 is 11.8 Å². The Morgan fingerprint density at radius 1 is 0.977 bits per heavy atom. The van der Waals surface area contributed by atoms with Crippen molar-refractivity contribution in [1.82, 2.24) is 0 Å². The highest BCUT2D eigenvalue weighted by atomic mass is 16.7. The highest BCUT2D eigenvalue weighted by molar-refractivity contribution is 5.94. The molecule has 0 aromatic heterocycles. The van der Waals surface area contributed by atoms with Crippen LogP contribution in [0.1, 0.15) is 98.8 Å². The molecule has 0 amide bonds. The summed E-state index contributed by atoms with van der Waals surface area (Å²) in [5, 5.41) is 53.4. The van der Waals surface area contributed by atoms with E-state index in [-0.39, 0.29) is 41.0 Å². The molecule has 6 aliphatic rings. The first-order valence-corrected chi connectivity index (χ1v) is 16.9. The van der Waals surface area contributed by atoms with Crippen molar-refractivity contribution in [2.45, 2.75) is 136 Å². The number of carbonyl (C=O) groups is 2. The number of fused-ring (bicyclic) bond motifs is 2. The lowest BCUT2D eigenvalue weighted by Crippen LogP contribution is -2.65. The predicted molar refractivity (Wildman–Crippen MR) is 161 cm³/mol. The Kier molecular flexibility index (Phi) is 7.83. The van der Waals surface area contributed by atoms with Gasteiger partial charge in [0.2, 0.25) is 0 Å². The number of aliphatic hydroxyl groups excluding tert-OH is 4. The normalized spacial score (nSPS) is 53.4. The summed E-state index contributed by atoms with van der Waals surface area (Å²) < 4.78 is 11.6. The number of ether oxygens (including phenoxy) is 2. The van der Waals surface area contributed by atoms with Crippen LogP contribution in [0.5, 0.6) is 0 Å². The number of carboxylic acid groups (broad SMARTS) is 1. The molecule has 6 fully saturated rings. The minimum absolute atomic E-state index is 0.0702. The van der Waals surface area contributed by atoms with E-state index < -0.39 is 53.6 Å². The number of Topliss-reactive ketones (excluding diaryl/α,β-unsaturated/α-hetero) is 1. The maximum atomic E-state index is 13.2. The Morgan fingerprint density at radius 2 is 1.66 bits per heavy atom. The molecule has 0 aromatic carbocycles. The molecule has 15 unspecified atom stereocenters. The summed E-state index contributed by atoms with van der Waals surface area (Å²) in [5.41, 5.74) is -1.11. The molecule has 5 aliphatic carbocycles. The smallest absolute Gasteiger partial charge is 0.312 e. The topological polar surface area (TPSA) is 154 Å². The molecule has 0 bridgehead atoms. The van der Waals surface area contributed by atoms with E-state index in [4.69, 9.17) is 9.47 Å². The Hall–Kier alpha value is -1.36. The molecular weight excluding hydrogens is 564 g/mol. The van der Waals surface area contributed by atoms with Crippen molar-refractivity contribution in [3.8, 4) is 0 Å². The van der Waals surface area contributed by atoms with E-state index in [9.17, 15) is 35.1 Å². The van der Waals surface area contributed by atoms with Gasteiger partial charge in [0.05, 0.1) is 24.2 Å². The van der Waals surface area contributed by atoms with E-state index in [1.807, 2.05) is 0 Å². The Morgan fingerprint density at radius 3 is 2.32 bits per heavy atom. The van der Waals surface area contributed by atoms with E-state index in [1.165, 1.54) is 0 Å². The summed E-state index contributed by atoms with van der Waals surface area (Å²) in [7, 11) is 0. The summed E-state index contributed by atoms with van der Waals surface area (Å²) in [6.07, 6.45) is 0.995. The average molecular weight is 619 g/mol. The minimum Gasteiger partial charge on any atom is -0.481 e. The number of allylic oxidation sites excluding steroid dienone is 1. The van der Waals surface area contributed by atoms with Crippen LogP contribution in [0.2, 0.25) is 0 Å². The van der Waals surface area contributed by atoms with Gasteiger partial charge in [-0.05, 0) is 111 Å².